The van der Waals surface area contributed by atoms with Crippen LogP contribution in [0.4, 0.5) is 17.1 Å². The number of carbonyl (C=O) groups is 1. The SMILES string of the molecule is Cc1cccc(Nc2ccc(C(=O)O)c([N+](=O)[O-])c2)c1C. The first-order chi connectivity index (χ1) is 9.90. The van der Waals surface area contributed by atoms with Gasteiger partial charge in [0.2, 0.25) is 0 Å². The van der Waals surface area contributed by atoms with E-state index in [4.69, 9.17) is 5.11 Å². The van der Waals surface area contributed by atoms with Crippen molar-refractivity contribution in [1.82, 2.24) is 0 Å². The van der Waals surface area contributed by atoms with Gasteiger partial charge in [0.15, 0.2) is 0 Å². The molecule has 2 N–H and O–H groups in total. The van der Waals surface area contributed by atoms with Gasteiger partial charge < -0.3 is 10.4 Å². The predicted octanol–water partition coefficient (Wildman–Crippen LogP) is 3.65. The summed E-state index contributed by atoms with van der Waals surface area (Å²) in [5.74, 6) is -1.32. The number of carboxylic acid groups (broad SMARTS) is 1. The number of benzene rings is 2. The van der Waals surface area contributed by atoms with Crippen molar-refractivity contribution in [2.24, 2.45) is 0 Å². The van der Waals surface area contributed by atoms with Gasteiger partial charge in [0.25, 0.3) is 5.69 Å². The van der Waals surface area contributed by atoms with Crippen molar-refractivity contribution >= 4 is 23.0 Å². The molecule has 2 aromatic carbocycles. The first-order valence-electron chi connectivity index (χ1n) is 6.25. The van der Waals surface area contributed by atoms with Crippen LogP contribution in [0.3, 0.4) is 0 Å². The number of aromatic carboxylic acids is 1. The lowest BCUT2D eigenvalue weighted by molar-refractivity contribution is -0.385. The molecule has 0 spiro atoms. The number of rotatable bonds is 4. The van der Waals surface area contributed by atoms with Crippen LogP contribution in [0.2, 0.25) is 0 Å². The van der Waals surface area contributed by atoms with E-state index in [9.17, 15) is 14.9 Å². The molecule has 108 valence electrons. The summed E-state index contributed by atoms with van der Waals surface area (Å²) in [6.45, 7) is 3.91. The molecule has 0 aliphatic heterocycles. The van der Waals surface area contributed by atoms with E-state index >= 15 is 0 Å². The fraction of sp³-hybridized carbons (Fsp3) is 0.133. The van der Waals surface area contributed by atoms with E-state index in [1.165, 1.54) is 18.2 Å². The monoisotopic (exact) mass is 286 g/mol. The van der Waals surface area contributed by atoms with Crippen molar-refractivity contribution in [1.29, 1.82) is 0 Å². The molecule has 21 heavy (non-hydrogen) atoms. The summed E-state index contributed by atoms with van der Waals surface area (Å²) in [5, 5.41) is 23.0. The number of hydrogen-bond acceptors (Lipinski definition) is 4. The van der Waals surface area contributed by atoms with Crippen molar-refractivity contribution < 1.29 is 14.8 Å². The maximum Gasteiger partial charge on any atom is 0.342 e. The Balaban J connectivity index is 2.42. The van der Waals surface area contributed by atoms with Crippen LogP contribution in [-0.4, -0.2) is 16.0 Å². The van der Waals surface area contributed by atoms with Gasteiger partial charge in [-0.1, -0.05) is 12.1 Å². The molecule has 0 unspecified atom stereocenters. The minimum absolute atomic E-state index is 0.327. The predicted molar refractivity (Wildman–Crippen MR) is 79.3 cm³/mol. The zero-order valence-corrected chi connectivity index (χ0v) is 11.6. The van der Waals surface area contributed by atoms with E-state index in [2.05, 4.69) is 5.32 Å². The number of nitro groups is 1. The second-order valence-electron chi connectivity index (χ2n) is 4.67. The Kier molecular flexibility index (Phi) is 3.89. The molecule has 0 radical (unpaired) electrons. The molecule has 0 aliphatic carbocycles. The maximum absolute atomic E-state index is 11.0. The molecule has 0 aromatic heterocycles. The third-order valence-electron chi connectivity index (χ3n) is 3.31. The highest BCUT2D eigenvalue weighted by atomic mass is 16.6. The van der Waals surface area contributed by atoms with E-state index in [1.54, 1.807) is 0 Å². The molecular weight excluding hydrogens is 272 g/mol. The van der Waals surface area contributed by atoms with Crippen LogP contribution >= 0.6 is 0 Å². The van der Waals surface area contributed by atoms with Gasteiger partial charge in [-0.25, -0.2) is 4.79 Å². The standard InChI is InChI=1S/C15H14N2O4/c1-9-4-3-5-13(10(9)2)16-11-6-7-12(15(18)19)14(8-11)17(20)21/h3-8,16H,1-2H3,(H,18,19). The second-order valence-corrected chi connectivity index (χ2v) is 4.67. The Morgan fingerprint density at radius 1 is 1.24 bits per heavy atom. The molecular formula is C15H14N2O4. The minimum Gasteiger partial charge on any atom is -0.477 e. The van der Waals surface area contributed by atoms with Gasteiger partial charge in [0, 0.05) is 17.4 Å². The van der Waals surface area contributed by atoms with Crippen LogP contribution < -0.4 is 5.32 Å². The molecule has 0 fully saturated rings. The van der Waals surface area contributed by atoms with Crippen LogP contribution in [0.1, 0.15) is 21.5 Å². The zero-order chi connectivity index (χ0) is 15.6. The Morgan fingerprint density at radius 3 is 2.57 bits per heavy atom. The topological polar surface area (TPSA) is 92.5 Å². The summed E-state index contributed by atoms with van der Waals surface area (Å²) < 4.78 is 0. The Morgan fingerprint density at radius 2 is 1.95 bits per heavy atom. The molecule has 0 saturated carbocycles. The summed E-state index contributed by atoms with van der Waals surface area (Å²) in [7, 11) is 0. The van der Waals surface area contributed by atoms with Gasteiger partial charge in [0.05, 0.1) is 4.92 Å². The van der Waals surface area contributed by atoms with Crippen LogP contribution in [0.25, 0.3) is 0 Å². The zero-order valence-electron chi connectivity index (χ0n) is 11.6. The average molecular weight is 286 g/mol. The van der Waals surface area contributed by atoms with Crippen molar-refractivity contribution in [3.05, 3.63) is 63.2 Å². The lowest BCUT2D eigenvalue weighted by Gasteiger charge is -2.11. The summed E-state index contributed by atoms with van der Waals surface area (Å²) >= 11 is 0. The van der Waals surface area contributed by atoms with Crippen LogP contribution in [-0.2, 0) is 0 Å². The molecule has 0 atom stereocenters. The smallest absolute Gasteiger partial charge is 0.342 e. The summed E-state index contributed by atoms with van der Waals surface area (Å²) in [5.41, 5.74) is 2.66. The first-order valence-corrected chi connectivity index (χ1v) is 6.25. The third-order valence-corrected chi connectivity index (χ3v) is 3.31. The maximum atomic E-state index is 11.0. The number of nitro benzene ring substituents is 1. The van der Waals surface area contributed by atoms with Gasteiger partial charge >= 0.3 is 5.97 Å². The van der Waals surface area contributed by atoms with E-state index < -0.39 is 16.6 Å². The minimum atomic E-state index is -1.32. The van der Waals surface area contributed by atoms with E-state index in [1.807, 2.05) is 32.0 Å². The third kappa shape index (κ3) is 3.00. The largest absolute Gasteiger partial charge is 0.477 e. The van der Waals surface area contributed by atoms with E-state index in [0.29, 0.717) is 5.69 Å². The Hall–Kier alpha value is -2.89. The van der Waals surface area contributed by atoms with E-state index in [-0.39, 0.29) is 5.56 Å². The van der Waals surface area contributed by atoms with Crippen LogP contribution in [0.5, 0.6) is 0 Å². The average Bonchev–Trinajstić information content (AvgIpc) is 2.43. The number of nitrogens with one attached hydrogen (secondary N) is 1. The Bertz CT molecular complexity index is 726. The molecule has 0 bridgehead atoms. The van der Waals surface area contributed by atoms with Crippen molar-refractivity contribution in [2.45, 2.75) is 13.8 Å². The van der Waals surface area contributed by atoms with Crippen molar-refractivity contribution in [2.75, 3.05) is 5.32 Å². The van der Waals surface area contributed by atoms with Gasteiger partial charge in [-0.2, -0.15) is 0 Å². The van der Waals surface area contributed by atoms with Gasteiger partial charge in [-0.3, -0.25) is 10.1 Å². The highest BCUT2D eigenvalue weighted by Crippen LogP contribution is 2.27. The first kappa shape index (κ1) is 14.5. The second kappa shape index (κ2) is 5.62. The summed E-state index contributed by atoms with van der Waals surface area (Å²) in [6.07, 6.45) is 0. The molecule has 2 aromatic rings. The molecule has 0 amide bonds. The van der Waals surface area contributed by atoms with Crippen molar-refractivity contribution in [3.8, 4) is 0 Å². The highest BCUT2D eigenvalue weighted by Gasteiger charge is 2.20. The molecule has 6 nitrogen and oxygen atoms in total. The van der Waals surface area contributed by atoms with Gasteiger partial charge in [0.1, 0.15) is 5.56 Å². The van der Waals surface area contributed by atoms with Crippen molar-refractivity contribution in [3.63, 3.8) is 0 Å². The normalized spacial score (nSPS) is 10.2. The van der Waals surface area contributed by atoms with Gasteiger partial charge in [-0.15, -0.1) is 0 Å². The number of anilines is 2. The summed E-state index contributed by atoms with van der Waals surface area (Å²) in [6, 6.07) is 9.68. The fourth-order valence-corrected chi connectivity index (χ4v) is 1.98. The molecule has 0 aliphatic rings. The molecule has 6 heteroatoms. The lowest BCUT2D eigenvalue weighted by Crippen LogP contribution is -2.03. The molecule has 0 heterocycles. The lowest BCUT2D eigenvalue weighted by atomic mass is 10.1. The van der Waals surface area contributed by atoms with E-state index in [0.717, 1.165) is 16.8 Å². The molecule has 0 saturated heterocycles. The van der Waals surface area contributed by atoms with Crippen LogP contribution in [0, 0.1) is 24.0 Å². The molecule has 2 rings (SSSR count). The highest BCUT2D eigenvalue weighted by molar-refractivity contribution is 5.93. The van der Waals surface area contributed by atoms with Crippen LogP contribution in [0.15, 0.2) is 36.4 Å². The number of hydrogen-bond donors (Lipinski definition) is 2. The Labute approximate surface area is 121 Å². The number of aryl methyl sites for hydroxylation is 1. The quantitative estimate of drug-likeness (QED) is 0.661. The summed E-state index contributed by atoms with van der Waals surface area (Å²) in [4.78, 5) is 21.2. The van der Waals surface area contributed by atoms with Gasteiger partial charge in [-0.05, 0) is 43.2 Å². The number of carboxylic acids is 1. The number of nitrogens with zero attached hydrogens (tertiary/aromatic N) is 1. The fourth-order valence-electron chi connectivity index (χ4n) is 1.98.